The average Bonchev–Trinajstić information content (AvgIpc) is 2.86. The minimum Gasteiger partial charge on any atom is -0.323 e. The van der Waals surface area contributed by atoms with Crippen molar-refractivity contribution in [1.82, 2.24) is 9.34 Å². The van der Waals surface area contributed by atoms with Crippen LogP contribution in [-0.2, 0) is 4.52 Å². The number of fused-ring (bicyclic) bond motifs is 1. The van der Waals surface area contributed by atoms with Crippen LogP contribution in [0, 0.1) is 0 Å². The summed E-state index contributed by atoms with van der Waals surface area (Å²) in [5.74, 6) is 0. The third kappa shape index (κ3) is 5.77. The fourth-order valence-corrected chi connectivity index (χ4v) is 12.5. The smallest absolute Gasteiger partial charge is 0.188 e. The Hall–Kier alpha value is -0.0362. The molecule has 0 unspecified atom stereocenters. The van der Waals surface area contributed by atoms with Gasteiger partial charge in [0.1, 0.15) is 0 Å². The van der Waals surface area contributed by atoms with E-state index in [1.807, 2.05) is 0 Å². The topological polar surface area (TPSA) is 15.7 Å². The van der Waals surface area contributed by atoms with Gasteiger partial charge >= 0.3 is 0 Å². The van der Waals surface area contributed by atoms with E-state index in [-0.39, 0.29) is 6.10 Å². The summed E-state index contributed by atoms with van der Waals surface area (Å²) in [4.78, 5) is 0. The van der Waals surface area contributed by atoms with E-state index < -0.39 is 24.6 Å². The Morgan fingerprint density at radius 3 is 1.79 bits per heavy atom. The molecule has 0 radical (unpaired) electrons. The highest BCUT2D eigenvalue weighted by molar-refractivity contribution is 7.48. The highest BCUT2D eigenvalue weighted by atomic mass is 31.2. The van der Waals surface area contributed by atoms with Gasteiger partial charge in [0.2, 0.25) is 0 Å². The van der Waals surface area contributed by atoms with Gasteiger partial charge in [-0.25, -0.2) is 9.34 Å². The molecule has 0 spiro atoms. The summed E-state index contributed by atoms with van der Waals surface area (Å²) in [6, 6.07) is 12.2. The van der Waals surface area contributed by atoms with Gasteiger partial charge in [-0.15, -0.1) is 0 Å². The quantitative estimate of drug-likeness (QED) is 0.350. The van der Waals surface area contributed by atoms with Crippen LogP contribution in [-0.4, -0.2) is 49.9 Å². The van der Waals surface area contributed by atoms with Crippen LogP contribution in [0.2, 0.25) is 39.3 Å². The van der Waals surface area contributed by atoms with Gasteiger partial charge < -0.3 is 4.52 Å². The van der Waals surface area contributed by atoms with Gasteiger partial charge in [0.05, 0.1) is 22.3 Å². The van der Waals surface area contributed by atoms with Crippen molar-refractivity contribution in [2.75, 3.05) is 12.3 Å². The molecule has 1 aliphatic heterocycles. The highest BCUT2D eigenvalue weighted by Crippen LogP contribution is 2.60. The second-order valence-corrected chi connectivity index (χ2v) is 23.8. The molecular formula is C22H41N2OPSi2. The Kier molecular flexibility index (Phi) is 7.27. The summed E-state index contributed by atoms with van der Waals surface area (Å²) in [5.41, 5.74) is 1.31. The monoisotopic (exact) mass is 436 g/mol. The van der Waals surface area contributed by atoms with Gasteiger partial charge in [0, 0.05) is 12.1 Å². The van der Waals surface area contributed by atoms with E-state index in [0.717, 1.165) is 0 Å². The van der Waals surface area contributed by atoms with Gasteiger partial charge in [-0.2, -0.15) is 0 Å². The Balaban J connectivity index is 1.90. The highest BCUT2D eigenvalue weighted by Gasteiger charge is 2.51. The van der Waals surface area contributed by atoms with Crippen molar-refractivity contribution < 1.29 is 4.52 Å². The molecule has 1 aliphatic carbocycles. The van der Waals surface area contributed by atoms with Gasteiger partial charge in [-0.3, -0.25) is 0 Å². The van der Waals surface area contributed by atoms with E-state index in [0.29, 0.717) is 12.1 Å². The lowest BCUT2D eigenvalue weighted by atomic mass is 9.90. The predicted molar refractivity (Wildman–Crippen MR) is 129 cm³/mol. The van der Waals surface area contributed by atoms with Crippen LogP contribution in [0.3, 0.4) is 0 Å². The van der Waals surface area contributed by atoms with Crippen LogP contribution >= 0.6 is 8.45 Å². The van der Waals surface area contributed by atoms with Crippen LogP contribution in [0.1, 0.15) is 44.3 Å². The largest absolute Gasteiger partial charge is 0.323 e. The number of nitrogens with zero attached hydrogens (tertiary/aromatic N) is 2. The molecule has 2 aliphatic rings. The summed E-state index contributed by atoms with van der Waals surface area (Å²) in [7, 11) is -3.10. The van der Waals surface area contributed by atoms with Gasteiger partial charge in [0.25, 0.3) is 0 Å². The molecule has 6 heteroatoms. The van der Waals surface area contributed by atoms with Crippen molar-refractivity contribution >= 4 is 24.6 Å². The van der Waals surface area contributed by atoms with Crippen molar-refractivity contribution in [2.45, 2.75) is 90.1 Å². The molecule has 1 saturated carbocycles. The molecule has 1 aromatic carbocycles. The van der Waals surface area contributed by atoms with E-state index in [9.17, 15) is 0 Å². The van der Waals surface area contributed by atoms with Crippen molar-refractivity contribution in [2.24, 2.45) is 0 Å². The Labute approximate surface area is 176 Å². The molecule has 2 fully saturated rings. The first-order valence-corrected chi connectivity index (χ1v) is 19.7. The van der Waals surface area contributed by atoms with Crippen molar-refractivity contribution in [3.8, 4) is 0 Å². The lowest BCUT2D eigenvalue weighted by Gasteiger charge is -2.37. The van der Waals surface area contributed by atoms with Crippen molar-refractivity contribution in [3.63, 3.8) is 0 Å². The van der Waals surface area contributed by atoms with Crippen LogP contribution in [0.4, 0.5) is 0 Å². The molecule has 0 amide bonds. The van der Waals surface area contributed by atoms with Crippen LogP contribution < -0.4 is 0 Å². The van der Waals surface area contributed by atoms with E-state index >= 15 is 0 Å². The normalized spacial score (nSPS) is 26.4. The molecule has 28 heavy (non-hydrogen) atoms. The molecule has 1 heterocycles. The molecule has 3 rings (SSSR count). The second kappa shape index (κ2) is 8.99. The first kappa shape index (κ1) is 22.6. The maximum absolute atomic E-state index is 6.97. The summed E-state index contributed by atoms with van der Waals surface area (Å²) in [6.07, 6.45) is 8.19. The number of rotatable bonds is 7. The third-order valence-electron chi connectivity index (χ3n) is 5.69. The Bertz CT molecular complexity index is 600. The summed E-state index contributed by atoms with van der Waals surface area (Å²) >= 11 is 0. The van der Waals surface area contributed by atoms with Crippen LogP contribution in [0.15, 0.2) is 30.3 Å². The SMILES string of the molecule is C[C@@H](OP1N(C[Si](C)(C)C)[C@@H]2CCCC[C@H]2N1C[Si](C)(C)C)c1ccccc1. The fourth-order valence-electron chi connectivity index (χ4n) is 4.56. The zero-order valence-electron chi connectivity index (χ0n) is 19.1. The zero-order valence-corrected chi connectivity index (χ0v) is 22.0. The standard InChI is InChI=1S/C22H41N2OPSi2/c1-19(20-13-9-8-10-14-20)25-26-23(17-27(2,3)4)21-15-11-12-16-22(21)24(26)18-28(5,6)7/h8-10,13-14,19,21-22H,11-12,15-18H2,1-7H3/t19-,21-,22-/m1/s1. The predicted octanol–water partition coefficient (Wildman–Crippen LogP) is 6.67. The average molecular weight is 437 g/mol. The minimum absolute atomic E-state index is 0.153. The number of hydrogen-bond acceptors (Lipinski definition) is 3. The van der Waals surface area contributed by atoms with E-state index in [4.69, 9.17) is 4.52 Å². The summed E-state index contributed by atoms with van der Waals surface area (Å²) < 4.78 is 12.7. The molecule has 3 atom stereocenters. The second-order valence-electron chi connectivity index (χ2n) is 11.1. The molecule has 158 valence electrons. The lowest BCUT2D eigenvalue weighted by Crippen LogP contribution is -2.46. The maximum atomic E-state index is 6.97. The molecular weight excluding hydrogens is 395 g/mol. The number of hydrogen-bond donors (Lipinski definition) is 0. The zero-order chi connectivity index (χ0) is 20.5. The maximum Gasteiger partial charge on any atom is 0.188 e. The van der Waals surface area contributed by atoms with E-state index in [2.05, 4.69) is 85.9 Å². The first-order chi connectivity index (χ1) is 13.1. The van der Waals surface area contributed by atoms with Crippen LogP contribution in [0.5, 0.6) is 0 Å². The molecule has 0 bridgehead atoms. The minimum atomic E-state index is -1.21. The third-order valence-corrected chi connectivity index (χ3v) is 11.1. The Morgan fingerprint density at radius 2 is 1.36 bits per heavy atom. The summed E-state index contributed by atoms with van der Waals surface area (Å²) in [6.45, 7) is 17.3. The molecule has 3 nitrogen and oxygen atoms in total. The molecule has 1 saturated heterocycles. The molecule has 0 aromatic heterocycles. The molecule has 0 N–H and O–H groups in total. The molecule has 1 aromatic rings. The van der Waals surface area contributed by atoms with Crippen LogP contribution in [0.25, 0.3) is 0 Å². The van der Waals surface area contributed by atoms with E-state index in [1.165, 1.54) is 43.6 Å². The summed E-state index contributed by atoms with van der Waals surface area (Å²) in [5, 5.41) is 0. The van der Waals surface area contributed by atoms with Gasteiger partial charge in [-0.05, 0) is 37.7 Å². The first-order valence-electron chi connectivity index (χ1n) is 11.1. The lowest BCUT2D eigenvalue weighted by molar-refractivity contribution is 0.220. The Morgan fingerprint density at radius 1 is 0.893 bits per heavy atom. The van der Waals surface area contributed by atoms with Crippen molar-refractivity contribution in [3.05, 3.63) is 35.9 Å². The fraction of sp³-hybridized carbons (Fsp3) is 0.727. The van der Waals surface area contributed by atoms with Gasteiger partial charge in [0.15, 0.2) is 8.45 Å². The van der Waals surface area contributed by atoms with Crippen molar-refractivity contribution in [1.29, 1.82) is 0 Å². The van der Waals surface area contributed by atoms with E-state index in [1.54, 1.807) is 0 Å². The van der Waals surface area contributed by atoms with Gasteiger partial charge in [-0.1, -0.05) is 82.5 Å². The number of benzene rings is 1.